The fourth-order valence-corrected chi connectivity index (χ4v) is 0.824. The average molecular weight is 322 g/mol. The molecule has 0 atom stereocenters. The lowest BCUT2D eigenvalue weighted by molar-refractivity contribution is -0.341. The highest BCUT2D eigenvalue weighted by molar-refractivity contribution is 14.1. The Morgan fingerprint density at radius 3 is 1.46 bits per heavy atom. The first-order valence-electron chi connectivity index (χ1n) is 2.66. The second kappa shape index (κ2) is 3.62. The van der Waals surface area contributed by atoms with Gasteiger partial charge in [-0.25, -0.2) is 0 Å². The molecule has 0 heterocycles. The van der Waals surface area contributed by atoms with Crippen molar-refractivity contribution in [2.75, 3.05) is 0 Å². The molecule has 0 fully saturated rings. The van der Waals surface area contributed by atoms with Crippen LogP contribution in [0.4, 0.5) is 30.7 Å². The van der Waals surface area contributed by atoms with Crippen LogP contribution in [0.3, 0.4) is 0 Å². The molecular weight excluding hydrogens is 320 g/mol. The summed E-state index contributed by atoms with van der Waals surface area (Å²) in [5, 5.41) is 0. The van der Waals surface area contributed by atoms with E-state index in [1.165, 1.54) is 0 Å². The van der Waals surface area contributed by atoms with Crippen LogP contribution in [0.1, 0.15) is 0 Å². The molecule has 0 aliphatic heterocycles. The van der Waals surface area contributed by atoms with E-state index in [0.29, 0.717) is 4.08 Å². The zero-order chi connectivity index (χ0) is 10.9. The van der Waals surface area contributed by atoms with Gasteiger partial charge in [-0.15, -0.1) is 0 Å². The molecule has 0 amide bonds. The molecule has 0 unspecified atom stereocenters. The number of allylic oxidation sites excluding steroid dienone is 1. The minimum atomic E-state index is -6.26. The van der Waals surface area contributed by atoms with Crippen molar-refractivity contribution in [3.63, 3.8) is 0 Å². The van der Waals surface area contributed by atoms with E-state index in [-0.39, 0.29) is 0 Å². The van der Waals surface area contributed by atoms with E-state index in [4.69, 9.17) is 0 Å². The molecule has 0 saturated carbocycles. The number of hydrogen-bond acceptors (Lipinski definition) is 0. The highest BCUT2D eigenvalue weighted by atomic mass is 127. The summed E-state index contributed by atoms with van der Waals surface area (Å²) in [6, 6.07) is 0. The first-order valence-corrected chi connectivity index (χ1v) is 3.91. The van der Waals surface area contributed by atoms with E-state index < -0.39 is 24.1 Å². The molecule has 0 saturated heterocycles. The highest BCUT2D eigenvalue weighted by Crippen LogP contribution is 2.47. The summed E-state index contributed by atoms with van der Waals surface area (Å²) in [5.74, 6) is -11.3. The van der Waals surface area contributed by atoms with E-state index >= 15 is 0 Å². The topological polar surface area (TPSA) is 0 Å². The molecule has 0 N–H and O–H groups in total. The minimum absolute atomic E-state index is 0.400. The van der Waals surface area contributed by atoms with Gasteiger partial charge < -0.3 is 0 Å². The van der Waals surface area contributed by atoms with Crippen LogP contribution < -0.4 is 0 Å². The molecule has 13 heavy (non-hydrogen) atoms. The number of rotatable bonds is 2. The summed E-state index contributed by atoms with van der Waals surface area (Å²) in [7, 11) is 0. The molecule has 0 spiro atoms. The molecule has 0 aliphatic rings. The van der Waals surface area contributed by atoms with Gasteiger partial charge in [0.15, 0.2) is 0 Å². The summed E-state index contributed by atoms with van der Waals surface area (Å²) in [6.45, 7) is 0. The molecule has 0 nitrogen and oxygen atoms in total. The Labute approximate surface area is 81.9 Å². The Balaban J connectivity index is 5.03. The lowest BCUT2D eigenvalue weighted by atomic mass is 10.1. The van der Waals surface area contributed by atoms with Crippen molar-refractivity contribution < 1.29 is 30.7 Å². The maximum Gasteiger partial charge on any atom is 0.460 e. The fraction of sp³-hybridized carbons (Fsp3) is 0.600. The predicted octanol–water partition coefficient (Wildman–Crippen LogP) is 3.77. The first-order chi connectivity index (χ1) is 5.56. The molecule has 0 bridgehead atoms. The lowest BCUT2D eigenvalue weighted by Gasteiger charge is -2.25. The van der Waals surface area contributed by atoms with Crippen LogP contribution in [-0.2, 0) is 0 Å². The third kappa shape index (κ3) is 2.47. The molecule has 78 valence electrons. The largest absolute Gasteiger partial charge is 0.460 e. The summed E-state index contributed by atoms with van der Waals surface area (Å²) >= 11 is 1.12. The molecule has 0 aromatic rings. The van der Waals surface area contributed by atoms with E-state index in [9.17, 15) is 30.7 Å². The number of halogens is 8. The number of hydrogen-bond donors (Lipinski definition) is 0. The van der Waals surface area contributed by atoms with Gasteiger partial charge in [0.25, 0.3) is 0 Å². The first kappa shape index (κ1) is 13.0. The van der Waals surface area contributed by atoms with Gasteiger partial charge in [0.05, 0.1) is 0 Å². The molecule has 0 aromatic carbocycles. The summed E-state index contributed by atoms with van der Waals surface area (Å²) in [5.41, 5.74) is 0. The van der Waals surface area contributed by atoms with Crippen LogP contribution in [-0.4, -0.2) is 18.0 Å². The molecule has 0 rings (SSSR count). The summed E-state index contributed by atoms with van der Waals surface area (Å²) in [4.78, 5) is 0. The summed E-state index contributed by atoms with van der Waals surface area (Å²) in [6.07, 6.45) is -6.76. The molecule has 0 radical (unpaired) electrons. The minimum Gasteiger partial charge on any atom is -0.195 e. The Morgan fingerprint density at radius 1 is 0.846 bits per heavy atom. The van der Waals surface area contributed by atoms with E-state index in [1.807, 2.05) is 0 Å². The number of alkyl halides is 7. The van der Waals surface area contributed by atoms with Gasteiger partial charge in [0.2, 0.25) is 0 Å². The summed E-state index contributed by atoms with van der Waals surface area (Å²) < 4.78 is 82.8. The van der Waals surface area contributed by atoms with Gasteiger partial charge in [-0.2, -0.15) is 30.7 Å². The zero-order valence-corrected chi connectivity index (χ0v) is 7.84. The SMILES string of the molecule is FC(F)(F)C(F)(F)C(F)(F)/C=C\I. The Bertz CT molecular complexity index is 203. The van der Waals surface area contributed by atoms with Crippen molar-refractivity contribution in [3.8, 4) is 0 Å². The quantitative estimate of drug-likeness (QED) is 0.536. The maximum atomic E-state index is 12.1. The third-order valence-electron chi connectivity index (χ3n) is 1.05. The van der Waals surface area contributed by atoms with Crippen LogP contribution >= 0.6 is 22.6 Å². The predicted molar refractivity (Wildman–Crippen MR) is 39.1 cm³/mol. The van der Waals surface area contributed by atoms with Gasteiger partial charge in [-0.1, -0.05) is 22.6 Å². The molecule has 0 aromatic heterocycles. The second-order valence-corrected chi connectivity index (χ2v) is 2.71. The zero-order valence-electron chi connectivity index (χ0n) is 5.68. The van der Waals surface area contributed by atoms with Crippen molar-refractivity contribution in [2.45, 2.75) is 18.0 Å². The molecular formula is C5H2F7I. The van der Waals surface area contributed by atoms with Gasteiger partial charge in [-0.3, -0.25) is 0 Å². The Kier molecular flexibility index (Phi) is 3.61. The fourth-order valence-electron chi connectivity index (χ4n) is 0.373. The Morgan fingerprint density at radius 2 is 1.23 bits per heavy atom. The highest BCUT2D eigenvalue weighted by Gasteiger charge is 2.71. The van der Waals surface area contributed by atoms with Crippen LogP contribution in [0, 0.1) is 0 Å². The average Bonchev–Trinajstić information content (AvgIpc) is 1.84. The van der Waals surface area contributed by atoms with Gasteiger partial charge in [0, 0.05) is 0 Å². The van der Waals surface area contributed by atoms with E-state index in [0.717, 1.165) is 22.6 Å². The van der Waals surface area contributed by atoms with Crippen molar-refractivity contribution in [1.29, 1.82) is 0 Å². The molecule has 0 aliphatic carbocycles. The monoisotopic (exact) mass is 322 g/mol. The lowest BCUT2D eigenvalue weighted by Crippen LogP contribution is -2.50. The Hall–Kier alpha value is -0.0200. The van der Waals surface area contributed by atoms with E-state index in [1.54, 1.807) is 0 Å². The standard InChI is InChI=1S/C5H2F7I/c6-3(7,1-2-13)4(8,9)5(10,11)12/h1-2H/b2-1-. The van der Waals surface area contributed by atoms with Crippen LogP contribution in [0.2, 0.25) is 0 Å². The maximum absolute atomic E-state index is 12.1. The second-order valence-electron chi connectivity index (χ2n) is 1.99. The van der Waals surface area contributed by atoms with Crippen LogP contribution in [0.15, 0.2) is 10.2 Å². The van der Waals surface area contributed by atoms with Crippen molar-refractivity contribution >= 4 is 22.6 Å². The normalized spacial score (nSPS) is 15.4. The van der Waals surface area contributed by atoms with Crippen LogP contribution in [0.25, 0.3) is 0 Å². The van der Waals surface area contributed by atoms with E-state index in [2.05, 4.69) is 0 Å². The van der Waals surface area contributed by atoms with Gasteiger partial charge in [0.1, 0.15) is 0 Å². The molecule has 8 heteroatoms. The van der Waals surface area contributed by atoms with Crippen molar-refractivity contribution in [1.82, 2.24) is 0 Å². The third-order valence-corrected chi connectivity index (χ3v) is 1.41. The van der Waals surface area contributed by atoms with Crippen LogP contribution in [0.5, 0.6) is 0 Å². The smallest absolute Gasteiger partial charge is 0.195 e. The van der Waals surface area contributed by atoms with Gasteiger partial charge >= 0.3 is 18.0 Å². The van der Waals surface area contributed by atoms with Crippen molar-refractivity contribution in [3.05, 3.63) is 10.2 Å². The van der Waals surface area contributed by atoms with Gasteiger partial charge in [-0.05, 0) is 10.2 Å². The van der Waals surface area contributed by atoms with Crippen molar-refractivity contribution in [2.24, 2.45) is 0 Å².